The van der Waals surface area contributed by atoms with Gasteiger partial charge in [-0.15, -0.1) is 21.5 Å². The Morgan fingerprint density at radius 1 is 1.45 bits per heavy atom. The smallest absolute Gasteiger partial charge is 0.173 e. The molecule has 0 heterocycles. The largest absolute Gasteiger partial charge is 0.408 e. The SMILES string of the molecule is Br.C[CH2][Mg][c]1cccc(Br)c1. The van der Waals surface area contributed by atoms with E-state index in [9.17, 15) is 0 Å². The van der Waals surface area contributed by atoms with Crippen LogP contribution in [-0.2, 0) is 0 Å². The van der Waals surface area contributed by atoms with Crippen molar-refractivity contribution in [1.82, 2.24) is 0 Å². The fourth-order valence-electron chi connectivity index (χ4n) is 0.981. The monoisotopic (exact) mass is 288 g/mol. The molecule has 0 aliphatic rings. The molecule has 0 spiro atoms. The lowest BCUT2D eigenvalue weighted by molar-refractivity contribution is 1.46. The van der Waals surface area contributed by atoms with Gasteiger partial charge in [0.2, 0.25) is 0 Å². The Hall–Kier alpha value is 0.946. The highest BCUT2D eigenvalue weighted by atomic mass is 79.9. The molecule has 58 valence electrons. The van der Waals surface area contributed by atoms with Gasteiger partial charge in [-0.3, -0.25) is 0 Å². The van der Waals surface area contributed by atoms with Gasteiger partial charge in [-0.05, 0) is 6.07 Å². The van der Waals surface area contributed by atoms with Crippen molar-refractivity contribution < 1.29 is 0 Å². The molecule has 0 unspecified atom stereocenters. The summed E-state index contributed by atoms with van der Waals surface area (Å²) in [6.07, 6.45) is 0. The summed E-state index contributed by atoms with van der Waals surface area (Å²) in [7, 11) is 0. The number of benzene rings is 1. The summed E-state index contributed by atoms with van der Waals surface area (Å²) >= 11 is 3.50. The van der Waals surface area contributed by atoms with Crippen LogP contribution in [0.1, 0.15) is 6.92 Å². The summed E-state index contributed by atoms with van der Waals surface area (Å²) in [6, 6.07) is 8.64. The molecule has 11 heavy (non-hydrogen) atoms. The van der Waals surface area contributed by atoms with Crippen molar-refractivity contribution in [3.8, 4) is 0 Å². The first-order valence-electron chi connectivity index (χ1n) is 3.57. The fourth-order valence-corrected chi connectivity index (χ4v) is 2.97. The highest BCUT2D eigenvalue weighted by molar-refractivity contribution is 9.10. The summed E-state index contributed by atoms with van der Waals surface area (Å²) in [6.45, 7) is 2.26. The van der Waals surface area contributed by atoms with Gasteiger partial charge in [0.25, 0.3) is 0 Å². The summed E-state index contributed by atoms with van der Waals surface area (Å²) in [4.78, 5) is 0. The van der Waals surface area contributed by atoms with Gasteiger partial charge in [0.15, 0.2) is 0 Å². The van der Waals surface area contributed by atoms with Crippen molar-refractivity contribution in [2.75, 3.05) is 0 Å². The maximum Gasteiger partial charge on any atom is 0.408 e. The molecular weight excluding hydrogens is 280 g/mol. The fraction of sp³-hybridized carbons (Fsp3) is 0.250. The normalized spacial score (nSPS) is 8.18. The first kappa shape index (κ1) is 11.9. The van der Waals surface area contributed by atoms with E-state index in [0.717, 1.165) is 0 Å². The molecule has 1 rings (SSSR count). The van der Waals surface area contributed by atoms with Crippen molar-refractivity contribution in [1.29, 1.82) is 0 Å². The van der Waals surface area contributed by atoms with E-state index < -0.39 is 0 Å². The third kappa shape index (κ3) is 4.50. The predicted octanol–water partition coefficient (Wildman–Crippen LogP) is 2.79. The maximum absolute atomic E-state index is 3.45. The minimum absolute atomic E-state index is 0. The van der Waals surface area contributed by atoms with Crippen LogP contribution in [0.2, 0.25) is 4.55 Å². The zero-order valence-electron chi connectivity index (χ0n) is 6.51. The first-order valence-corrected chi connectivity index (χ1v) is 6.07. The Labute approximate surface area is 96.4 Å². The molecule has 1 aromatic rings. The van der Waals surface area contributed by atoms with Gasteiger partial charge in [0.05, 0.1) is 0 Å². The molecular formula is C8H10Br2Mg. The third-order valence-corrected chi connectivity index (χ3v) is 3.44. The van der Waals surface area contributed by atoms with Gasteiger partial charge in [0, 0.05) is 4.47 Å². The lowest BCUT2D eigenvalue weighted by Gasteiger charge is -1.95. The Kier molecular flexibility index (Phi) is 7.02. The predicted molar refractivity (Wildman–Crippen MR) is 60.3 cm³/mol. The Morgan fingerprint density at radius 2 is 2.18 bits per heavy atom. The second-order valence-electron chi connectivity index (χ2n) is 2.38. The highest BCUT2D eigenvalue weighted by Crippen LogP contribution is 2.04. The van der Waals surface area contributed by atoms with Gasteiger partial charge < -0.3 is 0 Å². The van der Waals surface area contributed by atoms with Crippen LogP contribution >= 0.6 is 32.9 Å². The minimum atomic E-state index is 0. The molecule has 0 aliphatic carbocycles. The van der Waals surface area contributed by atoms with Crippen LogP contribution in [0.3, 0.4) is 0 Å². The number of rotatable bonds is 2. The van der Waals surface area contributed by atoms with Crippen molar-refractivity contribution in [2.24, 2.45) is 0 Å². The molecule has 0 atom stereocenters. The van der Waals surface area contributed by atoms with Gasteiger partial charge in [-0.1, -0.05) is 41.1 Å². The Balaban J connectivity index is 0.000001000. The van der Waals surface area contributed by atoms with E-state index in [1.54, 1.807) is 3.69 Å². The van der Waals surface area contributed by atoms with Crippen LogP contribution in [0.4, 0.5) is 0 Å². The Morgan fingerprint density at radius 3 is 2.73 bits per heavy atom. The van der Waals surface area contributed by atoms with Gasteiger partial charge in [-0.2, -0.15) is 3.69 Å². The molecule has 1 aromatic carbocycles. The van der Waals surface area contributed by atoms with E-state index >= 15 is 0 Å². The molecule has 0 amide bonds. The van der Waals surface area contributed by atoms with E-state index in [1.165, 1.54) is 9.02 Å². The van der Waals surface area contributed by atoms with E-state index in [0.29, 0.717) is 0 Å². The zero-order valence-corrected chi connectivity index (χ0v) is 11.2. The van der Waals surface area contributed by atoms with Crippen LogP contribution in [0.5, 0.6) is 0 Å². The molecule has 0 aromatic heterocycles. The Bertz CT molecular complexity index is 213. The summed E-state index contributed by atoms with van der Waals surface area (Å²) in [5.74, 6) is 0. The average molecular weight is 290 g/mol. The zero-order chi connectivity index (χ0) is 7.40. The topological polar surface area (TPSA) is 0 Å². The van der Waals surface area contributed by atoms with Crippen molar-refractivity contribution in [2.45, 2.75) is 11.5 Å². The molecule has 0 nitrogen and oxygen atoms in total. The molecule has 0 bridgehead atoms. The van der Waals surface area contributed by atoms with Crippen LogP contribution < -0.4 is 3.69 Å². The second-order valence-corrected chi connectivity index (χ2v) is 5.61. The summed E-state index contributed by atoms with van der Waals surface area (Å²) < 4.78 is 4.12. The van der Waals surface area contributed by atoms with Gasteiger partial charge in [-0.25, -0.2) is 0 Å². The van der Waals surface area contributed by atoms with Crippen molar-refractivity contribution >= 4 is 57.0 Å². The lowest BCUT2D eigenvalue weighted by Crippen LogP contribution is -2.11. The highest BCUT2D eigenvalue weighted by Gasteiger charge is 1.94. The minimum Gasteiger partial charge on any atom is -0.173 e. The van der Waals surface area contributed by atoms with Crippen LogP contribution in [-0.4, -0.2) is 20.4 Å². The maximum atomic E-state index is 3.45. The van der Waals surface area contributed by atoms with Crippen molar-refractivity contribution in [3.63, 3.8) is 0 Å². The molecule has 0 saturated heterocycles. The second kappa shape index (κ2) is 6.46. The van der Waals surface area contributed by atoms with E-state index in [1.807, 2.05) is 0 Å². The van der Waals surface area contributed by atoms with E-state index in [-0.39, 0.29) is 37.3 Å². The molecule has 0 fully saturated rings. The van der Waals surface area contributed by atoms with E-state index in [4.69, 9.17) is 0 Å². The summed E-state index contributed by atoms with van der Waals surface area (Å²) in [5.41, 5.74) is 0. The van der Waals surface area contributed by atoms with Crippen LogP contribution in [0.25, 0.3) is 0 Å². The third-order valence-electron chi connectivity index (χ3n) is 1.43. The first-order chi connectivity index (χ1) is 4.83. The van der Waals surface area contributed by atoms with Crippen molar-refractivity contribution in [3.05, 3.63) is 28.7 Å². The summed E-state index contributed by atoms with van der Waals surface area (Å²) in [5, 5.41) is 0. The van der Waals surface area contributed by atoms with Crippen LogP contribution in [0, 0.1) is 0 Å². The van der Waals surface area contributed by atoms with Gasteiger partial charge >= 0.3 is 20.4 Å². The standard InChI is InChI=1S/C6H4Br.C2H5.BrH.Mg/c7-6-4-2-1-3-5-6;1-2;;/h1-2,4-5H;1H2,2H3;1H;. The number of hydrogen-bond acceptors (Lipinski definition) is 0. The molecule has 3 heteroatoms. The molecule has 0 N–H and O–H groups in total. The van der Waals surface area contributed by atoms with E-state index in [2.05, 4.69) is 47.1 Å². The lowest BCUT2D eigenvalue weighted by atomic mass is 10.4. The number of halogens is 2. The van der Waals surface area contributed by atoms with Gasteiger partial charge in [0.1, 0.15) is 0 Å². The quantitative estimate of drug-likeness (QED) is 0.735. The number of hydrogen-bond donors (Lipinski definition) is 0. The average Bonchev–Trinajstić information content (AvgIpc) is 1.88. The molecule has 0 radical (unpaired) electrons. The molecule has 0 saturated carbocycles. The molecule has 0 aliphatic heterocycles. The van der Waals surface area contributed by atoms with Crippen LogP contribution in [0.15, 0.2) is 28.7 Å².